The van der Waals surface area contributed by atoms with Crippen LogP contribution in [0.25, 0.3) is 0 Å². The zero-order valence-electron chi connectivity index (χ0n) is 15.9. The summed E-state index contributed by atoms with van der Waals surface area (Å²) in [6.45, 7) is 0. The van der Waals surface area contributed by atoms with Crippen LogP contribution in [0.2, 0.25) is 10.0 Å². The molecule has 1 N–H and O–H groups in total. The Labute approximate surface area is 200 Å². The largest absolute Gasteiger partial charge is 0.486 e. The molecule has 2 atom stereocenters. The average Bonchev–Trinajstić information content (AvgIpc) is 2.70. The molecule has 0 amide bonds. The lowest BCUT2D eigenvalue weighted by atomic mass is 10.0. The molecule has 162 valence electrons. The number of alkyl halides is 1. The first-order valence-electron chi connectivity index (χ1n) is 9.24. The predicted octanol–water partition coefficient (Wildman–Crippen LogP) is 5.96. The zero-order valence-corrected chi connectivity index (χ0v) is 19.7. The van der Waals surface area contributed by atoms with Crippen LogP contribution >= 0.6 is 46.4 Å². The number of nitrogens with zero attached hydrogens (tertiary/aromatic N) is 1. The molecule has 31 heavy (non-hydrogen) atoms. The van der Waals surface area contributed by atoms with Gasteiger partial charge in [0.2, 0.25) is 0 Å². The van der Waals surface area contributed by atoms with E-state index in [0.29, 0.717) is 22.9 Å². The molecule has 0 fully saturated rings. The minimum atomic E-state index is -3.94. The summed E-state index contributed by atoms with van der Waals surface area (Å²) in [6.07, 6.45) is 3.70. The van der Waals surface area contributed by atoms with E-state index < -0.39 is 15.4 Å². The number of ether oxygens (including phenoxy) is 1. The summed E-state index contributed by atoms with van der Waals surface area (Å²) in [5.41, 5.74) is 2.30. The molecule has 10 heteroatoms. The van der Waals surface area contributed by atoms with E-state index in [-0.39, 0.29) is 27.5 Å². The van der Waals surface area contributed by atoms with Gasteiger partial charge in [0, 0.05) is 29.8 Å². The van der Waals surface area contributed by atoms with E-state index in [1.165, 1.54) is 24.3 Å². The van der Waals surface area contributed by atoms with Gasteiger partial charge in [0.1, 0.15) is 16.8 Å². The fourth-order valence-electron chi connectivity index (χ4n) is 3.32. The highest BCUT2D eigenvalue weighted by Gasteiger charge is 2.29. The summed E-state index contributed by atoms with van der Waals surface area (Å²) in [4.78, 5) is 4.32. The van der Waals surface area contributed by atoms with Crippen molar-refractivity contribution in [3.8, 4) is 0 Å². The number of halogens is 4. The number of para-hydroxylation sites is 1. The van der Waals surface area contributed by atoms with Crippen molar-refractivity contribution in [1.82, 2.24) is 4.72 Å². The molecular weight excluding hydrogens is 502 g/mol. The van der Waals surface area contributed by atoms with Crippen LogP contribution in [0.15, 0.2) is 74.9 Å². The predicted molar refractivity (Wildman–Crippen MR) is 125 cm³/mol. The Kier molecular flexibility index (Phi) is 6.56. The summed E-state index contributed by atoms with van der Waals surface area (Å²) < 4.78 is 34.0. The van der Waals surface area contributed by atoms with Crippen LogP contribution in [-0.2, 0) is 21.2 Å². The number of rotatable bonds is 5. The molecule has 0 aromatic heterocycles. The van der Waals surface area contributed by atoms with Gasteiger partial charge in [0.05, 0.1) is 21.1 Å². The van der Waals surface area contributed by atoms with Crippen molar-refractivity contribution >= 4 is 68.3 Å². The Hall–Kier alpha value is -1.70. The lowest BCUT2D eigenvalue weighted by Crippen LogP contribution is -2.29. The summed E-state index contributed by atoms with van der Waals surface area (Å²) in [5, 5.41) is -0.0791. The fourth-order valence-corrected chi connectivity index (χ4v) is 5.89. The number of aliphatic imine (C=N–C) groups is 1. The van der Waals surface area contributed by atoms with Crippen molar-refractivity contribution in [3.05, 3.63) is 80.6 Å². The third-order valence-electron chi connectivity index (χ3n) is 4.74. The van der Waals surface area contributed by atoms with E-state index in [1.54, 1.807) is 6.21 Å². The van der Waals surface area contributed by atoms with Crippen molar-refractivity contribution < 1.29 is 13.2 Å². The number of sulfonamides is 1. The lowest BCUT2D eigenvalue weighted by molar-refractivity contribution is 0.163. The standard InChI is InChI=1S/C21H16Cl4N2O3S/c22-13-5-6-20(16(23)8-13)31(28,29)27-14-9-17(24)21(18(25)10-14)30-15-7-12-3-1-2-4-19(12)26-11-15/h1-6,8-9,11,15,18,27H,7,10H2. The smallest absolute Gasteiger partial charge is 0.263 e. The van der Waals surface area contributed by atoms with Crippen LogP contribution in [0.1, 0.15) is 12.0 Å². The third-order valence-corrected chi connectivity index (χ3v) is 7.51. The Balaban J connectivity index is 1.52. The SMILES string of the molecule is O=S(=O)(NC1=CC(Cl)=C(OC2C=Nc3ccccc3C2)C(Cl)C1)c1ccc(Cl)cc1Cl. The maximum absolute atomic E-state index is 12.7. The number of fused-ring (bicyclic) bond motifs is 1. The van der Waals surface area contributed by atoms with Crippen molar-refractivity contribution in [2.75, 3.05) is 0 Å². The number of nitrogens with one attached hydrogen (secondary N) is 1. The first-order chi connectivity index (χ1) is 14.7. The highest BCUT2D eigenvalue weighted by atomic mass is 35.5. The molecule has 2 aliphatic rings. The second-order valence-corrected chi connectivity index (χ2v) is 10.4. The second-order valence-electron chi connectivity index (χ2n) is 7.00. The molecule has 4 rings (SSSR count). The first-order valence-corrected chi connectivity index (χ1v) is 12.3. The minimum absolute atomic E-state index is 0.0151. The molecule has 1 aliphatic carbocycles. The van der Waals surface area contributed by atoms with Gasteiger partial charge in [-0.05, 0) is 35.9 Å². The molecule has 0 bridgehead atoms. The first kappa shape index (κ1) is 22.5. The van der Waals surface area contributed by atoms with E-state index in [0.717, 1.165) is 11.3 Å². The third kappa shape index (κ3) is 5.04. The van der Waals surface area contributed by atoms with Gasteiger partial charge < -0.3 is 4.74 Å². The minimum Gasteiger partial charge on any atom is -0.486 e. The van der Waals surface area contributed by atoms with Crippen molar-refractivity contribution in [2.24, 2.45) is 4.99 Å². The van der Waals surface area contributed by atoms with Crippen LogP contribution < -0.4 is 4.72 Å². The molecule has 0 radical (unpaired) electrons. The Bertz CT molecular complexity index is 1220. The van der Waals surface area contributed by atoms with E-state index >= 15 is 0 Å². The molecule has 5 nitrogen and oxygen atoms in total. The maximum atomic E-state index is 12.7. The Morgan fingerprint density at radius 1 is 1.06 bits per heavy atom. The number of hydrogen-bond donors (Lipinski definition) is 1. The molecule has 1 aliphatic heterocycles. The van der Waals surface area contributed by atoms with E-state index in [2.05, 4.69) is 9.71 Å². The molecule has 2 aromatic rings. The zero-order chi connectivity index (χ0) is 22.2. The fraction of sp³-hybridized carbons (Fsp3) is 0.190. The van der Waals surface area contributed by atoms with Gasteiger partial charge in [0.15, 0.2) is 0 Å². The highest BCUT2D eigenvalue weighted by molar-refractivity contribution is 7.89. The molecule has 0 spiro atoms. The topological polar surface area (TPSA) is 67.8 Å². The van der Waals surface area contributed by atoms with Crippen LogP contribution in [0.5, 0.6) is 0 Å². The van der Waals surface area contributed by atoms with Gasteiger partial charge in [-0.1, -0.05) is 53.0 Å². The van der Waals surface area contributed by atoms with Crippen LogP contribution in [0.4, 0.5) is 5.69 Å². The van der Waals surface area contributed by atoms with Gasteiger partial charge in [-0.2, -0.15) is 0 Å². The van der Waals surface area contributed by atoms with E-state index in [9.17, 15) is 8.42 Å². The number of allylic oxidation sites excluding steroid dienone is 4. The molecule has 1 heterocycles. The average molecular weight is 518 g/mol. The van der Waals surface area contributed by atoms with E-state index in [1.807, 2.05) is 24.3 Å². The molecule has 2 aromatic carbocycles. The number of hydrogen-bond acceptors (Lipinski definition) is 4. The normalized spacial score (nSPS) is 20.8. The van der Waals surface area contributed by atoms with Crippen molar-refractivity contribution in [3.63, 3.8) is 0 Å². The van der Waals surface area contributed by atoms with Crippen molar-refractivity contribution in [1.29, 1.82) is 0 Å². The van der Waals surface area contributed by atoms with Crippen LogP contribution in [-0.4, -0.2) is 26.1 Å². The number of benzene rings is 2. The summed E-state index contributed by atoms with van der Waals surface area (Å²) in [6, 6.07) is 11.9. The molecule has 2 unspecified atom stereocenters. The van der Waals surface area contributed by atoms with E-state index in [4.69, 9.17) is 51.1 Å². The molecule has 0 saturated heterocycles. The monoisotopic (exact) mass is 516 g/mol. The van der Waals surface area contributed by atoms with Gasteiger partial charge in [0.25, 0.3) is 10.0 Å². The maximum Gasteiger partial charge on any atom is 0.263 e. The Morgan fingerprint density at radius 2 is 1.84 bits per heavy atom. The summed E-state index contributed by atoms with van der Waals surface area (Å²) >= 11 is 24.8. The van der Waals surface area contributed by atoms with Crippen LogP contribution in [0, 0.1) is 0 Å². The Morgan fingerprint density at radius 3 is 2.58 bits per heavy atom. The van der Waals surface area contributed by atoms with Crippen molar-refractivity contribution in [2.45, 2.75) is 29.2 Å². The quantitative estimate of drug-likeness (QED) is 0.497. The van der Waals surface area contributed by atoms with Gasteiger partial charge >= 0.3 is 0 Å². The molecule has 0 saturated carbocycles. The van der Waals surface area contributed by atoms with Gasteiger partial charge in [-0.3, -0.25) is 9.71 Å². The highest BCUT2D eigenvalue weighted by Crippen LogP contribution is 2.34. The van der Waals surface area contributed by atoms with Gasteiger partial charge in [-0.25, -0.2) is 8.42 Å². The summed E-state index contributed by atoms with van der Waals surface area (Å²) in [7, 11) is -3.94. The lowest BCUT2D eigenvalue weighted by Gasteiger charge is -2.27. The molecular formula is C21H16Cl4N2O3S. The second kappa shape index (κ2) is 9.04. The van der Waals surface area contributed by atoms with Gasteiger partial charge in [-0.15, -0.1) is 11.6 Å². The van der Waals surface area contributed by atoms with Crippen LogP contribution in [0.3, 0.4) is 0 Å². The summed E-state index contributed by atoms with van der Waals surface area (Å²) in [5.74, 6) is 0.381.